The van der Waals surface area contributed by atoms with E-state index in [0.29, 0.717) is 35.2 Å². The second kappa shape index (κ2) is 9.63. The van der Waals surface area contributed by atoms with Gasteiger partial charge in [0.05, 0.1) is 24.0 Å². The third-order valence-corrected chi connectivity index (χ3v) is 5.24. The van der Waals surface area contributed by atoms with Crippen molar-refractivity contribution in [2.75, 3.05) is 25.3 Å². The van der Waals surface area contributed by atoms with Crippen LogP contribution in [0.15, 0.2) is 59.9 Å². The minimum atomic E-state index is -3.30. The zero-order chi connectivity index (χ0) is 22.4. The smallest absolute Gasteiger partial charge is 0.273 e. The fraction of sp³-hybridized carbons (Fsp3) is 0.238. The van der Waals surface area contributed by atoms with Crippen LogP contribution in [0.25, 0.3) is 0 Å². The molecule has 0 aliphatic carbocycles. The molecule has 0 spiro atoms. The summed E-state index contributed by atoms with van der Waals surface area (Å²) < 4.78 is 40.1. The van der Waals surface area contributed by atoms with Gasteiger partial charge in [-0.3, -0.25) is 4.79 Å². The molecule has 0 saturated heterocycles. The highest BCUT2D eigenvalue weighted by Crippen LogP contribution is 2.31. The lowest BCUT2D eigenvalue weighted by Crippen LogP contribution is -2.18. The number of benzene rings is 2. The minimum absolute atomic E-state index is 0.192. The molecule has 10 heteroatoms. The van der Waals surface area contributed by atoms with Crippen molar-refractivity contribution in [2.45, 2.75) is 17.9 Å². The Hall–Kier alpha value is -3.37. The SMILES string of the molecule is COC[C@H](C)Oc1cc(NC(=O)c2cnc[nH]2)cc(Oc2ccc(S(C)(=O)=O)cc2)c1. The van der Waals surface area contributed by atoms with Crippen LogP contribution in [0.3, 0.4) is 0 Å². The molecule has 0 radical (unpaired) electrons. The van der Waals surface area contributed by atoms with Gasteiger partial charge in [0, 0.05) is 37.3 Å². The fourth-order valence-corrected chi connectivity index (χ4v) is 3.37. The molecule has 164 valence electrons. The molecule has 2 aromatic carbocycles. The van der Waals surface area contributed by atoms with Crippen LogP contribution < -0.4 is 14.8 Å². The van der Waals surface area contributed by atoms with Gasteiger partial charge in [-0.1, -0.05) is 0 Å². The fourth-order valence-electron chi connectivity index (χ4n) is 2.74. The quantitative estimate of drug-likeness (QED) is 0.519. The number of aromatic amines is 1. The summed E-state index contributed by atoms with van der Waals surface area (Å²) in [5.74, 6) is 0.923. The van der Waals surface area contributed by atoms with Gasteiger partial charge in [-0.25, -0.2) is 13.4 Å². The van der Waals surface area contributed by atoms with Crippen LogP contribution in [0.5, 0.6) is 17.2 Å². The molecule has 31 heavy (non-hydrogen) atoms. The average Bonchev–Trinajstić information content (AvgIpc) is 3.22. The maximum absolute atomic E-state index is 12.4. The third kappa shape index (κ3) is 6.30. The Labute approximate surface area is 180 Å². The van der Waals surface area contributed by atoms with Crippen molar-refractivity contribution in [3.8, 4) is 17.2 Å². The first-order valence-corrected chi connectivity index (χ1v) is 11.2. The number of hydrogen-bond donors (Lipinski definition) is 2. The molecule has 1 aromatic heterocycles. The number of rotatable bonds is 9. The Balaban J connectivity index is 1.85. The number of methoxy groups -OCH3 is 1. The number of nitrogens with one attached hydrogen (secondary N) is 2. The van der Waals surface area contributed by atoms with Crippen LogP contribution in [0.2, 0.25) is 0 Å². The zero-order valence-electron chi connectivity index (χ0n) is 17.3. The minimum Gasteiger partial charge on any atom is -0.488 e. The summed E-state index contributed by atoms with van der Waals surface area (Å²) >= 11 is 0. The van der Waals surface area contributed by atoms with Gasteiger partial charge < -0.3 is 24.5 Å². The van der Waals surface area contributed by atoms with E-state index >= 15 is 0 Å². The van der Waals surface area contributed by atoms with Crippen LogP contribution >= 0.6 is 0 Å². The second-order valence-corrected chi connectivity index (χ2v) is 8.86. The highest BCUT2D eigenvalue weighted by atomic mass is 32.2. The number of imidazole rings is 1. The van der Waals surface area contributed by atoms with Crippen LogP contribution in [0.1, 0.15) is 17.4 Å². The molecule has 1 atom stereocenters. The van der Waals surface area contributed by atoms with Crippen LogP contribution in [-0.2, 0) is 14.6 Å². The molecule has 0 aliphatic heterocycles. The normalized spacial score (nSPS) is 12.2. The number of amides is 1. The van der Waals surface area contributed by atoms with Crippen molar-refractivity contribution in [1.29, 1.82) is 0 Å². The number of sulfone groups is 1. The summed E-state index contributed by atoms with van der Waals surface area (Å²) in [5.41, 5.74) is 0.752. The lowest BCUT2D eigenvalue weighted by Gasteiger charge is -2.16. The molecule has 0 aliphatic rings. The zero-order valence-corrected chi connectivity index (χ0v) is 18.1. The molecule has 0 fully saturated rings. The largest absolute Gasteiger partial charge is 0.488 e. The molecule has 0 saturated carbocycles. The first kappa shape index (κ1) is 22.3. The van der Waals surface area contributed by atoms with Gasteiger partial charge in [0.2, 0.25) is 0 Å². The summed E-state index contributed by atoms with van der Waals surface area (Å²) in [7, 11) is -1.72. The number of ether oxygens (including phenoxy) is 3. The average molecular weight is 445 g/mol. The first-order chi connectivity index (χ1) is 14.7. The van der Waals surface area contributed by atoms with E-state index < -0.39 is 9.84 Å². The van der Waals surface area contributed by atoms with E-state index in [0.717, 1.165) is 6.26 Å². The van der Waals surface area contributed by atoms with Gasteiger partial charge in [-0.2, -0.15) is 0 Å². The van der Waals surface area contributed by atoms with E-state index in [4.69, 9.17) is 14.2 Å². The van der Waals surface area contributed by atoms with Gasteiger partial charge in [-0.05, 0) is 31.2 Å². The van der Waals surface area contributed by atoms with Gasteiger partial charge in [0.25, 0.3) is 5.91 Å². The van der Waals surface area contributed by atoms with Crippen molar-refractivity contribution in [3.05, 3.63) is 60.7 Å². The maximum Gasteiger partial charge on any atom is 0.273 e. The number of hydrogen-bond acceptors (Lipinski definition) is 7. The lowest BCUT2D eigenvalue weighted by molar-refractivity contribution is 0.0920. The van der Waals surface area contributed by atoms with E-state index in [2.05, 4.69) is 15.3 Å². The van der Waals surface area contributed by atoms with Gasteiger partial charge in [-0.15, -0.1) is 0 Å². The van der Waals surface area contributed by atoms with Crippen molar-refractivity contribution in [2.24, 2.45) is 0 Å². The Bertz CT molecular complexity index is 1130. The molecule has 9 nitrogen and oxygen atoms in total. The topological polar surface area (TPSA) is 120 Å². The molecular weight excluding hydrogens is 422 g/mol. The summed E-state index contributed by atoms with van der Waals surface area (Å²) in [6, 6.07) is 11.0. The predicted molar refractivity (Wildman–Crippen MR) is 115 cm³/mol. The van der Waals surface area contributed by atoms with E-state index in [-0.39, 0.29) is 16.9 Å². The summed E-state index contributed by atoms with van der Waals surface area (Å²) in [4.78, 5) is 19.1. The molecule has 3 rings (SSSR count). The number of carbonyl (C=O) groups is 1. The maximum atomic E-state index is 12.4. The standard InChI is InChI=1S/C21H23N3O6S/c1-14(12-28-2)29-17-8-15(24-21(25)20-11-22-13-23-20)9-18(10-17)30-16-4-6-19(7-5-16)31(3,26)27/h4-11,13-14H,12H2,1-3H3,(H,22,23)(H,24,25)/t14-/m0/s1. The molecule has 0 bridgehead atoms. The second-order valence-electron chi connectivity index (χ2n) is 6.84. The van der Waals surface area contributed by atoms with E-state index in [1.54, 1.807) is 37.4 Å². The number of nitrogens with zero attached hydrogens (tertiary/aromatic N) is 1. The molecule has 1 heterocycles. The Morgan fingerprint density at radius 1 is 1.13 bits per heavy atom. The van der Waals surface area contributed by atoms with Crippen LogP contribution in [0, 0.1) is 0 Å². The predicted octanol–water partition coefficient (Wildman–Crippen LogP) is 3.27. The number of anilines is 1. The summed E-state index contributed by atoms with van der Waals surface area (Å²) in [6.07, 6.45) is 3.73. The van der Waals surface area contributed by atoms with E-state index in [1.807, 2.05) is 6.92 Å². The number of H-pyrrole nitrogens is 1. The van der Waals surface area contributed by atoms with E-state index in [1.165, 1.54) is 24.7 Å². The Morgan fingerprint density at radius 3 is 2.45 bits per heavy atom. The number of carbonyl (C=O) groups excluding carboxylic acids is 1. The molecule has 1 amide bonds. The highest BCUT2D eigenvalue weighted by Gasteiger charge is 2.13. The first-order valence-electron chi connectivity index (χ1n) is 9.33. The third-order valence-electron chi connectivity index (χ3n) is 4.11. The van der Waals surface area contributed by atoms with Crippen molar-refractivity contribution in [3.63, 3.8) is 0 Å². The van der Waals surface area contributed by atoms with Gasteiger partial charge >= 0.3 is 0 Å². The van der Waals surface area contributed by atoms with Crippen molar-refractivity contribution >= 4 is 21.4 Å². The van der Waals surface area contributed by atoms with Gasteiger partial charge in [0.1, 0.15) is 29.0 Å². The van der Waals surface area contributed by atoms with Crippen molar-refractivity contribution in [1.82, 2.24) is 9.97 Å². The summed E-state index contributed by atoms with van der Waals surface area (Å²) in [6.45, 7) is 2.23. The lowest BCUT2D eigenvalue weighted by atomic mass is 10.2. The molecular formula is C21H23N3O6S. The molecule has 3 aromatic rings. The highest BCUT2D eigenvalue weighted by molar-refractivity contribution is 7.90. The van der Waals surface area contributed by atoms with Crippen LogP contribution in [0.4, 0.5) is 5.69 Å². The Morgan fingerprint density at radius 2 is 1.84 bits per heavy atom. The van der Waals surface area contributed by atoms with Crippen LogP contribution in [-0.4, -0.2) is 50.4 Å². The molecule has 0 unspecified atom stereocenters. The monoisotopic (exact) mass is 445 g/mol. The van der Waals surface area contributed by atoms with E-state index in [9.17, 15) is 13.2 Å². The Kier molecular flexibility index (Phi) is 6.93. The number of aromatic nitrogens is 2. The van der Waals surface area contributed by atoms with Gasteiger partial charge in [0.15, 0.2) is 9.84 Å². The van der Waals surface area contributed by atoms with Crippen molar-refractivity contribution < 1.29 is 27.4 Å². The molecule has 2 N–H and O–H groups in total. The summed E-state index contributed by atoms with van der Waals surface area (Å²) in [5, 5.41) is 2.76.